The lowest BCUT2D eigenvalue weighted by molar-refractivity contribution is -0.173. The van der Waals surface area contributed by atoms with E-state index in [0.29, 0.717) is 86.0 Å². The molecule has 0 bridgehead atoms. The van der Waals surface area contributed by atoms with Gasteiger partial charge in [0, 0.05) is 68.4 Å². The first-order chi connectivity index (χ1) is 31.9. The number of pyridine rings is 2. The number of aromatic hydroxyl groups is 2. The van der Waals surface area contributed by atoms with E-state index in [1.54, 1.807) is 72.4 Å². The molecule has 0 saturated carbocycles. The third-order valence-corrected chi connectivity index (χ3v) is 13.3. The Balaban J connectivity index is 0.891. The minimum absolute atomic E-state index is 0.0303. The van der Waals surface area contributed by atoms with Crippen molar-refractivity contribution in [3.63, 3.8) is 0 Å². The number of aryl methyl sites for hydroxylation is 1. The van der Waals surface area contributed by atoms with Gasteiger partial charge in [-0.3, -0.25) is 14.5 Å². The van der Waals surface area contributed by atoms with Crippen molar-refractivity contribution in [1.29, 1.82) is 0 Å². The molecule has 6 heterocycles. The van der Waals surface area contributed by atoms with E-state index < -0.39 is 29.4 Å². The molecule has 0 spiro atoms. The van der Waals surface area contributed by atoms with Crippen molar-refractivity contribution in [2.45, 2.75) is 111 Å². The highest BCUT2D eigenvalue weighted by atomic mass is 16.7. The van der Waals surface area contributed by atoms with Crippen molar-refractivity contribution < 1.29 is 48.3 Å². The van der Waals surface area contributed by atoms with Crippen LogP contribution in [0.25, 0.3) is 22.3 Å². The van der Waals surface area contributed by atoms with Gasteiger partial charge in [0.1, 0.15) is 29.5 Å². The molecule has 0 radical (unpaired) electrons. The number of phenols is 2. The molecule has 2 N–H and O–H groups in total. The van der Waals surface area contributed by atoms with Crippen molar-refractivity contribution in [2.75, 3.05) is 26.2 Å². The summed E-state index contributed by atoms with van der Waals surface area (Å²) in [5, 5.41) is 21.6. The Bertz CT molecular complexity index is 2950. The fourth-order valence-electron chi connectivity index (χ4n) is 9.78. The number of benzene rings is 3. The normalized spacial score (nSPS) is 17.8. The molecule has 0 aliphatic carbocycles. The van der Waals surface area contributed by atoms with Gasteiger partial charge in [-0.15, -0.1) is 0 Å². The Kier molecular flexibility index (Phi) is 11.5. The zero-order chi connectivity index (χ0) is 47.7. The van der Waals surface area contributed by atoms with E-state index in [1.165, 1.54) is 6.07 Å². The van der Waals surface area contributed by atoms with Gasteiger partial charge in [0.05, 0.1) is 34.6 Å². The molecule has 3 aromatic carbocycles. The number of esters is 1. The summed E-state index contributed by atoms with van der Waals surface area (Å²) >= 11 is 0. The van der Waals surface area contributed by atoms with E-state index >= 15 is 0 Å². The second kappa shape index (κ2) is 17.0. The Morgan fingerprint density at radius 2 is 1.61 bits per heavy atom. The fourth-order valence-corrected chi connectivity index (χ4v) is 9.78. The number of amides is 2. The molecule has 1 saturated heterocycles. The number of carbonyl (C=O) groups excluding carboxylic acids is 4. The Morgan fingerprint density at radius 3 is 2.31 bits per heavy atom. The number of cyclic esters (lactones) is 1. The van der Waals surface area contributed by atoms with Gasteiger partial charge in [-0.1, -0.05) is 45.9 Å². The van der Waals surface area contributed by atoms with Crippen LogP contribution in [0.2, 0.25) is 0 Å². The van der Waals surface area contributed by atoms with Crippen molar-refractivity contribution in [3.8, 4) is 28.6 Å². The Hall–Kier alpha value is -6.94. The molecule has 5 aromatic rings. The lowest BCUT2D eigenvalue weighted by Gasteiger charge is -2.39. The largest absolute Gasteiger partial charge is 0.514 e. The second-order valence-corrected chi connectivity index (χ2v) is 19.1. The highest BCUT2D eigenvalue weighted by molar-refractivity contribution is 5.98. The molecule has 1 unspecified atom stereocenters. The summed E-state index contributed by atoms with van der Waals surface area (Å²) < 4.78 is 24.3. The van der Waals surface area contributed by atoms with Crippen molar-refractivity contribution in [2.24, 2.45) is 0 Å². The van der Waals surface area contributed by atoms with Gasteiger partial charge in [-0.2, -0.15) is 0 Å². The van der Waals surface area contributed by atoms with Crippen LogP contribution in [0.5, 0.6) is 17.2 Å². The van der Waals surface area contributed by atoms with Crippen molar-refractivity contribution >= 4 is 35.0 Å². The van der Waals surface area contributed by atoms with Gasteiger partial charge >= 0.3 is 18.2 Å². The molecule has 4 aliphatic heterocycles. The maximum atomic E-state index is 14.3. The summed E-state index contributed by atoms with van der Waals surface area (Å²) in [5.74, 6) is -1.08. The molecule has 2 amide bonds. The number of rotatable bonds is 8. The first kappa shape index (κ1) is 45.2. The summed E-state index contributed by atoms with van der Waals surface area (Å²) in [6, 6.07) is 15.8. The highest BCUT2D eigenvalue weighted by Crippen LogP contribution is 2.43. The van der Waals surface area contributed by atoms with E-state index in [1.807, 2.05) is 32.9 Å². The monoisotopic (exact) mass is 913 g/mol. The predicted octanol–water partition coefficient (Wildman–Crippen LogP) is 7.61. The molecule has 16 heteroatoms. The SMILES string of the molecule is CCc1c2c(nc3ccc(OC(=O)OC(C)(C)C)cc13)-c1cc3c(c(=O)n1C2)COC(=O)C3(CC)OC(=O)N1CCN(Cc2ccc3c(c2)CN(C(=O)c2cc(C(C)C)c(O)cc2O)C3)CC1. The standard InChI is InChI=1S/C51H55N5O11/c1-8-33-35-19-32(65-49(63)67-50(5,6)7)12-13-40(35)52-44-37(33)26-56-41(44)21-39-38(46(56)60)27-64-47(61)51(39,9-2)66-48(62)54-16-14-53(15-17-54)23-29-10-11-30-24-55(25-31(30)18-29)45(59)36-20-34(28(3)4)42(57)22-43(36)58/h10-13,18-22,28,57-58H,8-9,14-17,23-27H2,1-7H3. The number of nitrogens with zero attached hydrogens (tertiary/aromatic N) is 5. The van der Waals surface area contributed by atoms with E-state index in [-0.39, 0.29) is 59.6 Å². The molecule has 16 nitrogen and oxygen atoms in total. The zero-order valence-electron chi connectivity index (χ0n) is 38.9. The van der Waals surface area contributed by atoms with E-state index in [4.69, 9.17) is 23.9 Å². The topological polar surface area (TPSA) is 190 Å². The molecule has 1 fully saturated rings. The van der Waals surface area contributed by atoms with E-state index in [0.717, 1.165) is 33.2 Å². The van der Waals surface area contributed by atoms with Crippen LogP contribution in [0, 0.1) is 0 Å². The van der Waals surface area contributed by atoms with Crippen LogP contribution < -0.4 is 10.3 Å². The number of carbonyl (C=O) groups is 4. The number of fused-ring (bicyclic) bond motifs is 6. The molecule has 4 aliphatic rings. The van der Waals surface area contributed by atoms with Crippen molar-refractivity contribution in [1.82, 2.24) is 24.3 Å². The maximum absolute atomic E-state index is 14.3. The Morgan fingerprint density at radius 1 is 0.866 bits per heavy atom. The number of piperazine rings is 1. The smallest absolute Gasteiger partial charge is 0.508 e. The lowest BCUT2D eigenvalue weighted by atomic mass is 9.85. The molecular weight excluding hydrogens is 859 g/mol. The highest BCUT2D eigenvalue weighted by Gasteiger charge is 2.51. The first-order valence-electron chi connectivity index (χ1n) is 22.8. The number of hydrogen-bond donors (Lipinski definition) is 2. The fraction of sp³-hybridized carbons (Fsp3) is 0.412. The summed E-state index contributed by atoms with van der Waals surface area (Å²) in [5.41, 5.74) is 4.90. The molecule has 67 heavy (non-hydrogen) atoms. The van der Waals surface area contributed by atoms with Crippen LogP contribution in [0.4, 0.5) is 9.59 Å². The number of aromatic nitrogens is 2. The molecule has 1 atom stereocenters. The van der Waals surface area contributed by atoms with Gasteiger partial charge in [0.2, 0.25) is 5.60 Å². The van der Waals surface area contributed by atoms with Crippen LogP contribution in [-0.2, 0) is 63.8 Å². The summed E-state index contributed by atoms with van der Waals surface area (Å²) in [6.07, 6.45) is -0.885. The maximum Gasteiger partial charge on any atom is 0.514 e. The van der Waals surface area contributed by atoms with Gasteiger partial charge in [0.25, 0.3) is 11.5 Å². The molecular formula is C51H55N5O11. The third kappa shape index (κ3) is 8.21. The minimum atomic E-state index is -1.87. The van der Waals surface area contributed by atoms with Crippen LogP contribution in [0.1, 0.15) is 116 Å². The molecule has 350 valence electrons. The molecule has 2 aromatic heterocycles. The average Bonchev–Trinajstić information content (AvgIpc) is 3.87. The first-order valence-corrected chi connectivity index (χ1v) is 22.8. The van der Waals surface area contributed by atoms with Crippen molar-refractivity contribution in [3.05, 3.63) is 115 Å². The number of phenolic OH excluding ortho intramolecular Hbond substituents is 2. The molecule has 9 rings (SSSR count). The van der Waals surface area contributed by atoms with Gasteiger partial charge < -0.3 is 43.5 Å². The average molecular weight is 914 g/mol. The van der Waals surface area contributed by atoms with E-state index in [2.05, 4.69) is 11.0 Å². The van der Waals surface area contributed by atoms with Crippen LogP contribution in [0.3, 0.4) is 0 Å². The van der Waals surface area contributed by atoms with Crippen LogP contribution in [-0.4, -0.2) is 90.4 Å². The predicted molar refractivity (Wildman–Crippen MR) is 246 cm³/mol. The summed E-state index contributed by atoms with van der Waals surface area (Å²) in [7, 11) is 0. The van der Waals surface area contributed by atoms with Gasteiger partial charge in [-0.25, -0.2) is 19.4 Å². The summed E-state index contributed by atoms with van der Waals surface area (Å²) in [4.78, 5) is 78.7. The Labute approximate surface area is 387 Å². The third-order valence-electron chi connectivity index (χ3n) is 13.3. The lowest BCUT2D eigenvalue weighted by Crippen LogP contribution is -2.53. The van der Waals surface area contributed by atoms with Gasteiger partial charge in [-0.05, 0) is 97.7 Å². The summed E-state index contributed by atoms with van der Waals surface area (Å²) in [6.45, 7) is 15.9. The van der Waals surface area contributed by atoms with Gasteiger partial charge in [0.15, 0.2) is 0 Å². The quantitative estimate of drug-likeness (QED) is 0.0863. The van der Waals surface area contributed by atoms with Crippen LogP contribution in [0.15, 0.2) is 59.4 Å². The second-order valence-electron chi connectivity index (χ2n) is 19.1. The van der Waals surface area contributed by atoms with Crippen LogP contribution >= 0.6 is 0 Å². The minimum Gasteiger partial charge on any atom is -0.508 e. The number of ether oxygens (including phenoxy) is 4. The number of hydrogen-bond acceptors (Lipinski definition) is 13. The van der Waals surface area contributed by atoms with E-state index in [9.17, 15) is 34.2 Å². The zero-order valence-corrected chi connectivity index (χ0v) is 38.9.